The Bertz CT molecular complexity index is 359. The van der Waals surface area contributed by atoms with Crippen LogP contribution in [0, 0.1) is 6.92 Å². The van der Waals surface area contributed by atoms with Gasteiger partial charge >= 0.3 is 0 Å². The van der Waals surface area contributed by atoms with Gasteiger partial charge in [-0.25, -0.2) is 0 Å². The Morgan fingerprint density at radius 1 is 1.25 bits per heavy atom. The van der Waals surface area contributed by atoms with E-state index >= 15 is 0 Å². The molecule has 1 aromatic carbocycles. The maximum absolute atomic E-state index is 11.0. The van der Waals surface area contributed by atoms with Crippen LogP contribution in [0.15, 0.2) is 24.3 Å². The molecule has 0 aliphatic heterocycles. The summed E-state index contributed by atoms with van der Waals surface area (Å²) in [7, 11) is 0.500. The zero-order valence-corrected chi connectivity index (χ0v) is 13.7. The van der Waals surface area contributed by atoms with Gasteiger partial charge in [0.25, 0.3) is 5.91 Å². The van der Waals surface area contributed by atoms with Gasteiger partial charge in [0.05, 0.1) is 13.3 Å². The van der Waals surface area contributed by atoms with E-state index in [0.29, 0.717) is 7.18 Å². The number of aliphatic hydroxyl groups is 1. The number of amides is 1. The fourth-order valence-corrected chi connectivity index (χ4v) is 1.34. The first-order chi connectivity index (χ1) is 9.50. The summed E-state index contributed by atoms with van der Waals surface area (Å²) in [5.74, 6) is -0.505. The van der Waals surface area contributed by atoms with Gasteiger partial charge in [-0.1, -0.05) is 66.9 Å². The van der Waals surface area contributed by atoms with Gasteiger partial charge in [-0.2, -0.15) is 0 Å². The molecular formula is C14H22Cl2FNO2. The standard InChI is InChI=1S/C11H13Cl2NO2.C2H6.CH3F/c1-7-2-4-8(5-3-7)9(15)6-14-11(16)10(12)13;2*1-2/h2-5,9-10,15H,6H2,1H3,(H,14,16);1-2H3;1H3. The van der Waals surface area contributed by atoms with E-state index in [4.69, 9.17) is 23.2 Å². The van der Waals surface area contributed by atoms with Crippen molar-refractivity contribution in [3.63, 3.8) is 0 Å². The summed E-state index contributed by atoms with van der Waals surface area (Å²) in [4.78, 5) is 9.94. The monoisotopic (exact) mass is 325 g/mol. The van der Waals surface area contributed by atoms with Gasteiger partial charge in [-0.15, -0.1) is 0 Å². The maximum Gasteiger partial charge on any atom is 0.253 e. The second-order valence-electron chi connectivity index (χ2n) is 3.47. The molecule has 0 aromatic heterocycles. The Kier molecular flexibility index (Phi) is 14.1. The number of carbonyl (C=O) groups is 1. The summed E-state index contributed by atoms with van der Waals surface area (Å²) in [6.45, 7) is 6.06. The number of aryl methyl sites for hydroxylation is 1. The lowest BCUT2D eigenvalue weighted by atomic mass is 10.1. The van der Waals surface area contributed by atoms with Crippen LogP contribution < -0.4 is 5.32 Å². The van der Waals surface area contributed by atoms with Crippen molar-refractivity contribution >= 4 is 29.1 Å². The van der Waals surface area contributed by atoms with E-state index in [0.717, 1.165) is 11.1 Å². The molecule has 0 radical (unpaired) electrons. The van der Waals surface area contributed by atoms with Gasteiger partial charge < -0.3 is 10.4 Å². The van der Waals surface area contributed by atoms with Crippen molar-refractivity contribution in [2.24, 2.45) is 0 Å². The Morgan fingerprint density at radius 2 is 1.70 bits per heavy atom. The lowest BCUT2D eigenvalue weighted by molar-refractivity contribution is -0.119. The van der Waals surface area contributed by atoms with Crippen LogP contribution in [-0.4, -0.2) is 29.6 Å². The van der Waals surface area contributed by atoms with Gasteiger partial charge in [-0.05, 0) is 12.5 Å². The third-order valence-corrected chi connectivity index (χ3v) is 2.53. The summed E-state index contributed by atoms with van der Waals surface area (Å²) in [5, 5.41) is 12.2. The first-order valence-corrected chi connectivity index (χ1v) is 7.06. The Balaban J connectivity index is 0. The number of nitrogens with one attached hydrogen (secondary N) is 1. The molecule has 0 saturated heterocycles. The smallest absolute Gasteiger partial charge is 0.253 e. The zero-order chi connectivity index (χ0) is 16.1. The molecular weight excluding hydrogens is 304 g/mol. The maximum atomic E-state index is 11.0. The zero-order valence-electron chi connectivity index (χ0n) is 12.2. The van der Waals surface area contributed by atoms with Crippen molar-refractivity contribution < 1.29 is 14.3 Å². The molecule has 1 atom stereocenters. The molecule has 20 heavy (non-hydrogen) atoms. The van der Waals surface area contributed by atoms with E-state index in [1.165, 1.54) is 0 Å². The topological polar surface area (TPSA) is 49.3 Å². The molecule has 0 spiro atoms. The van der Waals surface area contributed by atoms with Gasteiger partial charge in [0, 0.05) is 6.54 Å². The lowest BCUT2D eigenvalue weighted by Crippen LogP contribution is -2.32. The van der Waals surface area contributed by atoms with Crippen molar-refractivity contribution in [1.29, 1.82) is 0 Å². The average Bonchev–Trinajstić information content (AvgIpc) is 2.49. The highest BCUT2D eigenvalue weighted by molar-refractivity contribution is 6.53. The number of hydrogen-bond acceptors (Lipinski definition) is 2. The van der Waals surface area contributed by atoms with Gasteiger partial charge in [0.1, 0.15) is 0 Å². The van der Waals surface area contributed by atoms with E-state index in [-0.39, 0.29) is 6.54 Å². The van der Waals surface area contributed by atoms with E-state index in [9.17, 15) is 14.3 Å². The minimum Gasteiger partial charge on any atom is -0.387 e. The van der Waals surface area contributed by atoms with Crippen LogP contribution in [0.25, 0.3) is 0 Å². The molecule has 116 valence electrons. The van der Waals surface area contributed by atoms with Crippen LogP contribution >= 0.6 is 23.2 Å². The van der Waals surface area contributed by atoms with Gasteiger partial charge in [-0.3, -0.25) is 9.18 Å². The third-order valence-electron chi connectivity index (χ3n) is 2.13. The first kappa shape index (κ1) is 21.5. The molecule has 0 fully saturated rings. The van der Waals surface area contributed by atoms with E-state index < -0.39 is 16.8 Å². The number of halogens is 3. The molecule has 2 N–H and O–H groups in total. The largest absolute Gasteiger partial charge is 0.387 e. The highest BCUT2D eigenvalue weighted by Crippen LogP contribution is 2.12. The molecule has 0 aliphatic carbocycles. The van der Waals surface area contributed by atoms with Crippen LogP contribution in [0.1, 0.15) is 31.1 Å². The molecule has 1 rings (SSSR count). The molecule has 0 saturated carbocycles. The summed E-state index contributed by atoms with van der Waals surface area (Å²) >= 11 is 10.7. The normalized spacial score (nSPS) is 10.7. The van der Waals surface area contributed by atoms with Crippen LogP contribution in [-0.2, 0) is 4.79 Å². The molecule has 1 amide bonds. The number of aliphatic hydroxyl groups excluding tert-OH is 1. The quantitative estimate of drug-likeness (QED) is 0.831. The van der Waals surface area contributed by atoms with Crippen molar-refractivity contribution in [2.45, 2.75) is 31.7 Å². The van der Waals surface area contributed by atoms with Crippen molar-refractivity contribution in [3.05, 3.63) is 35.4 Å². The number of alkyl halides is 3. The van der Waals surface area contributed by atoms with E-state index in [1.807, 2.05) is 45.0 Å². The molecule has 1 unspecified atom stereocenters. The van der Waals surface area contributed by atoms with Gasteiger partial charge in [0.2, 0.25) is 0 Å². The summed E-state index contributed by atoms with van der Waals surface area (Å²) < 4.78 is 9.50. The molecule has 1 aromatic rings. The molecule has 0 heterocycles. The average molecular weight is 326 g/mol. The van der Waals surface area contributed by atoms with E-state index in [1.54, 1.807) is 0 Å². The second kappa shape index (κ2) is 13.2. The van der Waals surface area contributed by atoms with Crippen molar-refractivity contribution in [1.82, 2.24) is 5.32 Å². The second-order valence-corrected chi connectivity index (χ2v) is 4.57. The molecule has 3 nitrogen and oxygen atoms in total. The Labute approximate surface area is 130 Å². The van der Waals surface area contributed by atoms with Crippen LogP contribution in [0.3, 0.4) is 0 Å². The highest BCUT2D eigenvalue weighted by atomic mass is 35.5. The fourth-order valence-electron chi connectivity index (χ4n) is 1.18. The SMILES string of the molecule is CC.CF.Cc1ccc(C(O)CNC(=O)C(Cl)Cl)cc1. The predicted molar refractivity (Wildman–Crippen MR) is 83.0 cm³/mol. The van der Waals surface area contributed by atoms with Crippen LogP contribution in [0.5, 0.6) is 0 Å². The minimum absolute atomic E-state index is 0.0951. The summed E-state index contributed by atoms with van der Waals surface area (Å²) in [5.41, 5.74) is 1.85. The number of rotatable bonds is 4. The molecule has 0 aliphatic rings. The van der Waals surface area contributed by atoms with Crippen molar-refractivity contribution in [3.8, 4) is 0 Å². The predicted octanol–water partition coefficient (Wildman–Crippen LogP) is 3.56. The Hall–Kier alpha value is -0.840. The number of carbonyl (C=O) groups excluding carboxylic acids is 1. The minimum atomic E-state index is -1.11. The Morgan fingerprint density at radius 3 is 2.10 bits per heavy atom. The fraction of sp³-hybridized carbons (Fsp3) is 0.500. The van der Waals surface area contributed by atoms with Gasteiger partial charge in [0.15, 0.2) is 4.84 Å². The number of benzene rings is 1. The summed E-state index contributed by atoms with van der Waals surface area (Å²) in [6, 6.07) is 7.41. The molecule has 6 heteroatoms. The highest BCUT2D eigenvalue weighted by Gasteiger charge is 2.13. The molecule has 0 bridgehead atoms. The van der Waals surface area contributed by atoms with Crippen LogP contribution in [0.4, 0.5) is 4.39 Å². The van der Waals surface area contributed by atoms with Crippen molar-refractivity contribution in [2.75, 3.05) is 13.7 Å². The van der Waals surface area contributed by atoms with E-state index in [2.05, 4.69) is 5.32 Å². The number of hydrogen-bond donors (Lipinski definition) is 2. The van der Waals surface area contributed by atoms with Crippen LogP contribution in [0.2, 0.25) is 0 Å². The summed E-state index contributed by atoms with van der Waals surface area (Å²) in [6.07, 6.45) is -0.753. The third kappa shape index (κ3) is 9.13. The first-order valence-electron chi connectivity index (χ1n) is 6.19. The lowest BCUT2D eigenvalue weighted by Gasteiger charge is -2.12.